The van der Waals surface area contributed by atoms with Crippen LogP contribution in [-0.2, 0) is 17.8 Å². The topological polar surface area (TPSA) is 89.2 Å². The van der Waals surface area contributed by atoms with Gasteiger partial charge in [0.05, 0.1) is 18.7 Å². The molecule has 1 amide bonds. The van der Waals surface area contributed by atoms with Crippen molar-refractivity contribution in [2.45, 2.75) is 19.1 Å². The number of carbonyl (C=O) groups is 2. The lowest BCUT2D eigenvalue weighted by Crippen LogP contribution is -2.33. The molecule has 0 aliphatic carbocycles. The summed E-state index contributed by atoms with van der Waals surface area (Å²) in [5.74, 6) is -0.683. The predicted octanol–water partition coefficient (Wildman–Crippen LogP) is 6.84. The second-order valence-corrected chi connectivity index (χ2v) is 10.1. The van der Waals surface area contributed by atoms with E-state index in [-0.39, 0.29) is 17.9 Å². The summed E-state index contributed by atoms with van der Waals surface area (Å²) in [6, 6.07) is 33.0. The number of ether oxygens (including phenoxy) is 2. The number of hydrogen-bond acceptors (Lipinski definition) is 6. The van der Waals surface area contributed by atoms with E-state index in [0.717, 1.165) is 11.1 Å². The number of furan rings is 1. The molecule has 210 valence electrons. The van der Waals surface area contributed by atoms with E-state index in [0.29, 0.717) is 41.1 Å². The lowest BCUT2D eigenvalue weighted by molar-refractivity contribution is -0.129. The van der Waals surface area contributed by atoms with Gasteiger partial charge in [-0.2, -0.15) is 0 Å². The van der Waals surface area contributed by atoms with Crippen LogP contribution in [0, 0.1) is 0 Å². The molecule has 1 N–H and O–H groups in total. The van der Waals surface area contributed by atoms with Crippen molar-refractivity contribution >= 4 is 22.7 Å². The summed E-state index contributed by atoms with van der Waals surface area (Å²) in [7, 11) is 1.52. The van der Waals surface area contributed by atoms with Crippen LogP contribution in [-0.4, -0.2) is 35.4 Å². The molecule has 1 aromatic heterocycles. The number of Topliss-reactive ketones (excluding diaryl/α,β-unsaturated/α-hetero) is 1. The molecule has 6 rings (SSSR count). The van der Waals surface area contributed by atoms with Crippen molar-refractivity contribution < 1.29 is 28.6 Å². The van der Waals surface area contributed by atoms with E-state index in [1.165, 1.54) is 12.0 Å². The number of fused-ring (bicyclic) bond motifs is 1. The van der Waals surface area contributed by atoms with Crippen LogP contribution in [0.2, 0.25) is 0 Å². The minimum atomic E-state index is -0.843. The zero-order valence-electron chi connectivity index (χ0n) is 23.0. The van der Waals surface area contributed by atoms with Crippen LogP contribution in [0.5, 0.6) is 11.5 Å². The molecule has 1 atom stereocenters. The van der Waals surface area contributed by atoms with Gasteiger partial charge in [-0.05, 0) is 47.4 Å². The third kappa shape index (κ3) is 5.24. The average molecular weight is 560 g/mol. The fourth-order valence-electron chi connectivity index (χ4n) is 5.31. The Labute approximate surface area is 243 Å². The highest BCUT2D eigenvalue weighted by molar-refractivity contribution is 6.16. The summed E-state index contributed by atoms with van der Waals surface area (Å²) >= 11 is 0. The number of para-hydroxylation sites is 1. The smallest absolute Gasteiger partial charge is 0.290 e. The van der Waals surface area contributed by atoms with Gasteiger partial charge in [0, 0.05) is 11.9 Å². The number of amides is 1. The summed E-state index contributed by atoms with van der Waals surface area (Å²) in [6.07, 6.45) is 0.546. The monoisotopic (exact) mass is 559 g/mol. The molecule has 42 heavy (non-hydrogen) atoms. The Morgan fingerprint density at radius 2 is 1.60 bits per heavy atom. The predicted molar refractivity (Wildman–Crippen MR) is 159 cm³/mol. The Balaban J connectivity index is 1.37. The number of aliphatic hydroxyl groups is 1. The Morgan fingerprint density at radius 3 is 2.33 bits per heavy atom. The summed E-state index contributed by atoms with van der Waals surface area (Å²) in [5.41, 5.74) is 3.07. The first-order valence-electron chi connectivity index (χ1n) is 13.7. The molecule has 7 nitrogen and oxygen atoms in total. The van der Waals surface area contributed by atoms with Crippen molar-refractivity contribution in [1.29, 1.82) is 0 Å². The quantitative estimate of drug-likeness (QED) is 0.189. The molecule has 1 aliphatic rings. The lowest BCUT2D eigenvalue weighted by atomic mass is 9.94. The van der Waals surface area contributed by atoms with E-state index in [1.54, 1.807) is 18.2 Å². The van der Waals surface area contributed by atoms with Crippen molar-refractivity contribution in [3.05, 3.63) is 143 Å². The number of methoxy groups -OCH3 is 1. The maximum Gasteiger partial charge on any atom is 0.290 e. The molecule has 0 radical (unpaired) electrons. The zero-order chi connectivity index (χ0) is 29.1. The molecule has 4 aromatic carbocycles. The number of rotatable bonds is 10. The molecule has 2 heterocycles. The average Bonchev–Trinajstić information content (AvgIpc) is 3.58. The van der Waals surface area contributed by atoms with Gasteiger partial charge in [-0.25, -0.2) is 0 Å². The number of ketones is 1. The molecule has 0 spiro atoms. The number of aliphatic hydroxyl groups excluding tert-OH is 1. The summed E-state index contributed by atoms with van der Waals surface area (Å²) in [5, 5.41) is 11.8. The third-order valence-electron chi connectivity index (χ3n) is 7.41. The van der Waals surface area contributed by atoms with Crippen LogP contribution in [0.25, 0.3) is 11.0 Å². The number of nitrogens with zero attached hydrogens (tertiary/aromatic N) is 1. The normalized spacial score (nSPS) is 14.9. The maximum absolute atomic E-state index is 14.0. The first-order chi connectivity index (χ1) is 20.5. The molecule has 1 aliphatic heterocycles. The molecule has 0 fully saturated rings. The highest BCUT2D eigenvalue weighted by atomic mass is 16.5. The van der Waals surface area contributed by atoms with Crippen LogP contribution < -0.4 is 9.47 Å². The van der Waals surface area contributed by atoms with Crippen molar-refractivity contribution in [3.63, 3.8) is 0 Å². The van der Waals surface area contributed by atoms with Crippen molar-refractivity contribution in [2.75, 3.05) is 13.7 Å². The van der Waals surface area contributed by atoms with Gasteiger partial charge in [0.25, 0.3) is 5.91 Å². The van der Waals surface area contributed by atoms with Gasteiger partial charge in [-0.15, -0.1) is 0 Å². The summed E-state index contributed by atoms with van der Waals surface area (Å²) in [4.78, 5) is 29.1. The van der Waals surface area contributed by atoms with Crippen molar-refractivity contribution in [3.8, 4) is 11.5 Å². The van der Waals surface area contributed by atoms with Gasteiger partial charge in [0.15, 0.2) is 22.9 Å². The molecule has 0 saturated heterocycles. The first-order valence-corrected chi connectivity index (χ1v) is 13.7. The van der Waals surface area contributed by atoms with Gasteiger partial charge >= 0.3 is 0 Å². The van der Waals surface area contributed by atoms with Crippen molar-refractivity contribution in [2.24, 2.45) is 0 Å². The third-order valence-corrected chi connectivity index (χ3v) is 7.41. The van der Waals surface area contributed by atoms with Crippen molar-refractivity contribution in [1.82, 2.24) is 4.90 Å². The van der Waals surface area contributed by atoms with Crippen LogP contribution in [0.4, 0.5) is 0 Å². The fourth-order valence-corrected chi connectivity index (χ4v) is 5.31. The van der Waals surface area contributed by atoms with E-state index in [1.807, 2.05) is 91.0 Å². The van der Waals surface area contributed by atoms with Crippen LogP contribution >= 0.6 is 0 Å². The molecule has 0 saturated carbocycles. The Kier molecular flexibility index (Phi) is 7.47. The van der Waals surface area contributed by atoms with Gasteiger partial charge in [0.1, 0.15) is 12.4 Å². The van der Waals surface area contributed by atoms with Gasteiger partial charge < -0.3 is 23.9 Å². The lowest BCUT2D eigenvalue weighted by Gasteiger charge is -2.27. The molecule has 5 aromatic rings. The van der Waals surface area contributed by atoms with Gasteiger partial charge in [-0.3, -0.25) is 9.59 Å². The van der Waals surface area contributed by atoms with E-state index >= 15 is 0 Å². The number of carbonyl (C=O) groups excluding carboxylic acids is 2. The number of hydrogen-bond donors (Lipinski definition) is 1. The standard InChI is InChI=1S/C35H29NO6/c1-40-28-17-9-15-26-21-29(42-34(26)28)32(37)30-31(36(35(39)33(30)38)19-18-23-10-4-2-5-11-23)25-14-8-16-27(20-25)41-22-24-12-6-3-7-13-24/h2-17,20-21,31,38H,18-19,22H2,1H3. The minimum absolute atomic E-state index is 0.00948. The minimum Gasteiger partial charge on any atom is -0.503 e. The molecule has 7 heteroatoms. The fraction of sp³-hybridized carbons (Fsp3) is 0.143. The zero-order valence-corrected chi connectivity index (χ0v) is 23.0. The molecule has 1 unspecified atom stereocenters. The van der Waals surface area contributed by atoms with Gasteiger partial charge in [-0.1, -0.05) is 84.9 Å². The Bertz CT molecular complexity index is 1770. The van der Waals surface area contributed by atoms with Gasteiger partial charge in [0.2, 0.25) is 5.78 Å². The van der Waals surface area contributed by atoms with Crippen LogP contribution in [0.15, 0.2) is 125 Å². The van der Waals surface area contributed by atoms with E-state index in [9.17, 15) is 14.7 Å². The highest BCUT2D eigenvalue weighted by Gasteiger charge is 2.44. The molecular formula is C35H29NO6. The maximum atomic E-state index is 14.0. The molecule has 0 bridgehead atoms. The molecular weight excluding hydrogens is 530 g/mol. The highest BCUT2D eigenvalue weighted by Crippen LogP contribution is 2.41. The Hall–Kier alpha value is -5.30. The summed E-state index contributed by atoms with van der Waals surface area (Å²) in [6.45, 7) is 0.650. The SMILES string of the molecule is COc1cccc2cc(C(=O)C3=C(O)C(=O)N(CCc4ccccc4)C3c3cccc(OCc4ccccc4)c3)oc12. The van der Waals surface area contributed by atoms with E-state index < -0.39 is 23.5 Å². The van der Waals surface area contributed by atoms with Crippen LogP contribution in [0.1, 0.15) is 33.3 Å². The van der Waals surface area contributed by atoms with Crippen LogP contribution in [0.3, 0.4) is 0 Å². The van der Waals surface area contributed by atoms with E-state index in [4.69, 9.17) is 13.9 Å². The van der Waals surface area contributed by atoms with E-state index in [2.05, 4.69) is 0 Å². The Morgan fingerprint density at radius 1 is 0.881 bits per heavy atom. The summed E-state index contributed by atoms with van der Waals surface area (Å²) < 4.78 is 17.4. The second-order valence-electron chi connectivity index (χ2n) is 10.1. The number of benzene rings is 4. The second kappa shape index (κ2) is 11.7. The largest absolute Gasteiger partial charge is 0.503 e. The first kappa shape index (κ1) is 26.9.